The summed E-state index contributed by atoms with van der Waals surface area (Å²) in [6, 6.07) is 0.452. The van der Waals surface area contributed by atoms with Crippen LogP contribution in [-0.4, -0.2) is 28.7 Å². The second kappa shape index (κ2) is 7.34. The van der Waals surface area contributed by atoms with Crippen molar-refractivity contribution in [3.63, 3.8) is 0 Å². The molecule has 0 spiro atoms. The molecule has 0 fully saturated rings. The molecule has 0 amide bonds. The van der Waals surface area contributed by atoms with E-state index in [2.05, 4.69) is 24.1 Å². The van der Waals surface area contributed by atoms with Crippen molar-refractivity contribution in [1.82, 2.24) is 14.9 Å². The van der Waals surface area contributed by atoms with E-state index >= 15 is 0 Å². The number of imidazole rings is 1. The van der Waals surface area contributed by atoms with Crippen LogP contribution in [0.4, 0.5) is 8.78 Å². The summed E-state index contributed by atoms with van der Waals surface area (Å²) in [6.07, 6.45) is 3.46. The summed E-state index contributed by atoms with van der Waals surface area (Å²) >= 11 is 0. The second-order valence-corrected chi connectivity index (χ2v) is 4.04. The molecule has 0 aliphatic heterocycles. The molecule has 1 heterocycles. The SMILES string of the molecule is CC(C)NCCCOCc1nccn1C(F)F. The fraction of sp³-hybridized carbons (Fsp3) is 0.727. The third kappa shape index (κ3) is 5.23. The largest absolute Gasteiger partial charge is 0.373 e. The van der Waals surface area contributed by atoms with Gasteiger partial charge in [0.1, 0.15) is 12.4 Å². The smallest absolute Gasteiger partial charge is 0.320 e. The molecule has 0 radical (unpaired) electrons. The molecule has 0 aliphatic carbocycles. The van der Waals surface area contributed by atoms with Crippen molar-refractivity contribution < 1.29 is 13.5 Å². The molecular formula is C11H19F2N3O. The van der Waals surface area contributed by atoms with Crippen LogP contribution in [-0.2, 0) is 11.3 Å². The summed E-state index contributed by atoms with van der Waals surface area (Å²) in [6.45, 7) is 3.11. The van der Waals surface area contributed by atoms with Crippen LogP contribution in [0.25, 0.3) is 0 Å². The van der Waals surface area contributed by atoms with E-state index in [9.17, 15) is 8.78 Å². The highest BCUT2D eigenvalue weighted by molar-refractivity contribution is 4.90. The van der Waals surface area contributed by atoms with Gasteiger partial charge in [-0.15, -0.1) is 0 Å². The van der Waals surface area contributed by atoms with Gasteiger partial charge in [-0.3, -0.25) is 4.57 Å². The van der Waals surface area contributed by atoms with Gasteiger partial charge in [0.15, 0.2) is 0 Å². The Morgan fingerprint density at radius 3 is 2.88 bits per heavy atom. The maximum absolute atomic E-state index is 12.4. The maximum atomic E-state index is 12.4. The fourth-order valence-corrected chi connectivity index (χ4v) is 1.36. The lowest BCUT2D eigenvalue weighted by molar-refractivity contribution is 0.0518. The Kier molecular flexibility index (Phi) is 6.07. The van der Waals surface area contributed by atoms with Gasteiger partial charge >= 0.3 is 6.55 Å². The van der Waals surface area contributed by atoms with E-state index in [0.717, 1.165) is 17.5 Å². The number of alkyl halides is 2. The number of nitrogens with one attached hydrogen (secondary N) is 1. The molecule has 0 saturated heterocycles. The monoisotopic (exact) mass is 247 g/mol. The Morgan fingerprint density at radius 2 is 2.24 bits per heavy atom. The molecule has 1 rings (SSSR count). The van der Waals surface area contributed by atoms with E-state index in [1.54, 1.807) is 0 Å². The first-order valence-electron chi connectivity index (χ1n) is 5.72. The van der Waals surface area contributed by atoms with Crippen molar-refractivity contribution >= 4 is 0 Å². The topological polar surface area (TPSA) is 39.1 Å². The van der Waals surface area contributed by atoms with Gasteiger partial charge in [-0.2, -0.15) is 8.78 Å². The molecule has 6 heteroatoms. The van der Waals surface area contributed by atoms with E-state index in [0.29, 0.717) is 12.6 Å². The zero-order valence-corrected chi connectivity index (χ0v) is 10.2. The maximum Gasteiger partial charge on any atom is 0.320 e. The molecule has 1 N–H and O–H groups in total. The lowest BCUT2D eigenvalue weighted by Crippen LogP contribution is -2.24. The van der Waals surface area contributed by atoms with Crippen molar-refractivity contribution in [1.29, 1.82) is 0 Å². The number of hydrogen-bond acceptors (Lipinski definition) is 3. The van der Waals surface area contributed by atoms with Crippen LogP contribution in [0.2, 0.25) is 0 Å². The summed E-state index contributed by atoms with van der Waals surface area (Å²) < 4.78 is 31.0. The molecule has 0 saturated carbocycles. The van der Waals surface area contributed by atoms with Crippen LogP contribution in [0.1, 0.15) is 32.6 Å². The van der Waals surface area contributed by atoms with Crippen molar-refractivity contribution in [3.05, 3.63) is 18.2 Å². The highest BCUT2D eigenvalue weighted by Crippen LogP contribution is 2.12. The van der Waals surface area contributed by atoms with Gasteiger partial charge in [0.05, 0.1) is 0 Å². The van der Waals surface area contributed by atoms with E-state index in [-0.39, 0.29) is 12.4 Å². The molecular weight excluding hydrogens is 228 g/mol. The number of aromatic nitrogens is 2. The van der Waals surface area contributed by atoms with E-state index in [4.69, 9.17) is 4.74 Å². The lowest BCUT2D eigenvalue weighted by Gasteiger charge is -2.09. The Balaban J connectivity index is 2.16. The molecule has 0 bridgehead atoms. The van der Waals surface area contributed by atoms with Crippen molar-refractivity contribution in [2.75, 3.05) is 13.2 Å². The number of halogens is 2. The lowest BCUT2D eigenvalue weighted by atomic mass is 10.3. The quantitative estimate of drug-likeness (QED) is 0.716. The molecule has 0 atom stereocenters. The Bertz CT molecular complexity index is 315. The van der Waals surface area contributed by atoms with Gasteiger partial charge < -0.3 is 10.1 Å². The normalized spacial score (nSPS) is 11.6. The first-order valence-corrected chi connectivity index (χ1v) is 5.72. The third-order valence-electron chi connectivity index (χ3n) is 2.21. The zero-order chi connectivity index (χ0) is 12.7. The van der Waals surface area contributed by atoms with Crippen LogP contribution >= 0.6 is 0 Å². The molecule has 0 aliphatic rings. The number of nitrogens with zero attached hydrogens (tertiary/aromatic N) is 2. The minimum atomic E-state index is -2.56. The average Bonchev–Trinajstić information content (AvgIpc) is 2.71. The number of hydrogen-bond donors (Lipinski definition) is 1. The fourth-order valence-electron chi connectivity index (χ4n) is 1.36. The van der Waals surface area contributed by atoms with E-state index in [1.807, 2.05) is 0 Å². The molecule has 17 heavy (non-hydrogen) atoms. The highest BCUT2D eigenvalue weighted by atomic mass is 19.3. The summed E-state index contributed by atoms with van der Waals surface area (Å²) in [7, 11) is 0. The summed E-state index contributed by atoms with van der Waals surface area (Å²) in [5.41, 5.74) is 0. The number of ether oxygens (including phenoxy) is 1. The summed E-state index contributed by atoms with van der Waals surface area (Å²) in [5, 5.41) is 3.25. The van der Waals surface area contributed by atoms with Gasteiger partial charge in [0.2, 0.25) is 0 Å². The first-order chi connectivity index (χ1) is 8.11. The second-order valence-electron chi connectivity index (χ2n) is 4.04. The average molecular weight is 247 g/mol. The van der Waals surface area contributed by atoms with E-state index < -0.39 is 6.55 Å². The Labute approximate surface area is 100.0 Å². The van der Waals surface area contributed by atoms with Crippen LogP contribution < -0.4 is 5.32 Å². The minimum absolute atomic E-state index is 0.124. The van der Waals surface area contributed by atoms with Crippen LogP contribution in [0.3, 0.4) is 0 Å². The molecule has 0 aromatic carbocycles. The highest BCUT2D eigenvalue weighted by Gasteiger charge is 2.10. The molecule has 1 aromatic rings. The van der Waals surface area contributed by atoms with Gasteiger partial charge in [-0.1, -0.05) is 13.8 Å². The molecule has 0 unspecified atom stereocenters. The predicted octanol–water partition coefficient (Wildman–Crippen LogP) is 2.18. The summed E-state index contributed by atoms with van der Waals surface area (Å²) in [4.78, 5) is 3.83. The van der Waals surface area contributed by atoms with Crippen LogP contribution in [0.5, 0.6) is 0 Å². The van der Waals surface area contributed by atoms with Gasteiger partial charge in [0.25, 0.3) is 0 Å². The first kappa shape index (κ1) is 14.1. The minimum Gasteiger partial charge on any atom is -0.373 e. The number of rotatable bonds is 8. The Hall–Kier alpha value is -1.01. The van der Waals surface area contributed by atoms with Gasteiger partial charge in [-0.05, 0) is 13.0 Å². The van der Waals surface area contributed by atoms with Crippen LogP contribution in [0, 0.1) is 0 Å². The molecule has 4 nitrogen and oxygen atoms in total. The molecule has 1 aromatic heterocycles. The standard InChI is InChI=1S/C11H19F2N3O/c1-9(2)14-4-3-7-17-8-10-15-5-6-16(10)11(12)13/h5-6,9,11,14H,3-4,7-8H2,1-2H3. The Morgan fingerprint density at radius 1 is 1.47 bits per heavy atom. The van der Waals surface area contributed by atoms with Gasteiger partial charge in [0, 0.05) is 25.0 Å². The zero-order valence-electron chi connectivity index (χ0n) is 10.2. The third-order valence-corrected chi connectivity index (χ3v) is 2.21. The summed E-state index contributed by atoms with van der Waals surface area (Å²) in [5.74, 6) is 0.261. The molecule has 98 valence electrons. The van der Waals surface area contributed by atoms with Crippen LogP contribution in [0.15, 0.2) is 12.4 Å². The van der Waals surface area contributed by atoms with Crippen molar-refractivity contribution in [2.24, 2.45) is 0 Å². The van der Waals surface area contributed by atoms with Crippen molar-refractivity contribution in [2.45, 2.75) is 39.5 Å². The van der Waals surface area contributed by atoms with Gasteiger partial charge in [-0.25, -0.2) is 4.98 Å². The van der Waals surface area contributed by atoms with E-state index in [1.165, 1.54) is 12.4 Å². The predicted molar refractivity (Wildman–Crippen MR) is 60.9 cm³/mol. The van der Waals surface area contributed by atoms with Crippen molar-refractivity contribution in [3.8, 4) is 0 Å².